The lowest BCUT2D eigenvalue weighted by Gasteiger charge is -2.26. The summed E-state index contributed by atoms with van der Waals surface area (Å²) in [4.78, 5) is 31.5. The fourth-order valence-corrected chi connectivity index (χ4v) is 4.47. The molecular weight excluding hydrogens is 497 g/mol. The molecule has 0 aliphatic carbocycles. The highest BCUT2D eigenvalue weighted by atomic mass is 35.5. The number of aromatic nitrogens is 2. The van der Waals surface area contributed by atoms with Crippen molar-refractivity contribution in [3.63, 3.8) is 0 Å². The summed E-state index contributed by atoms with van der Waals surface area (Å²) in [5, 5.41) is 9.95. The summed E-state index contributed by atoms with van der Waals surface area (Å²) < 4.78 is 0. The predicted octanol–water partition coefficient (Wildman–Crippen LogP) is 4.82. The molecule has 4 rings (SSSR count). The Hall–Kier alpha value is -3.42. The summed E-state index contributed by atoms with van der Waals surface area (Å²) in [7, 11) is 0. The van der Waals surface area contributed by atoms with Gasteiger partial charge in [-0.15, -0.1) is 16.8 Å². The lowest BCUT2D eigenvalue weighted by molar-refractivity contribution is -0.131. The van der Waals surface area contributed by atoms with Gasteiger partial charge in [0.25, 0.3) is 5.91 Å². The van der Waals surface area contributed by atoms with Gasteiger partial charge in [-0.2, -0.15) is 0 Å². The van der Waals surface area contributed by atoms with Crippen molar-refractivity contribution in [1.82, 2.24) is 20.0 Å². The lowest BCUT2D eigenvalue weighted by Crippen LogP contribution is -2.44. The first-order valence-corrected chi connectivity index (χ1v) is 12.5. The molecule has 7 nitrogen and oxygen atoms in total. The largest absolute Gasteiger partial charge is 0.353 e. The zero-order valence-corrected chi connectivity index (χ0v) is 21.3. The Bertz CT molecular complexity index is 1220. The van der Waals surface area contributed by atoms with E-state index >= 15 is 0 Å². The number of anilines is 1. The molecule has 36 heavy (non-hydrogen) atoms. The van der Waals surface area contributed by atoms with Gasteiger partial charge in [-0.05, 0) is 48.9 Å². The number of rotatable bonds is 7. The Kier molecular flexibility index (Phi) is 8.57. The molecule has 1 fully saturated rings. The third-order valence-electron chi connectivity index (χ3n) is 6.03. The molecule has 0 unspecified atom stereocenters. The van der Waals surface area contributed by atoms with Crippen LogP contribution in [0, 0.1) is 0 Å². The number of amides is 2. The van der Waals surface area contributed by atoms with E-state index in [0.29, 0.717) is 40.9 Å². The molecule has 186 valence electrons. The van der Waals surface area contributed by atoms with Crippen LogP contribution in [-0.2, 0) is 4.79 Å². The van der Waals surface area contributed by atoms with E-state index in [1.165, 1.54) is 4.90 Å². The molecule has 1 saturated heterocycles. The summed E-state index contributed by atoms with van der Waals surface area (Å²) in [5.74, 6) is 0.428. The van der Waals surface area contributed by atoms with Gasteiger partial charge >= 0.3 is 0 Å². The van der Waals surface area contributed by atoms with Gasteiger partial charge in [-0.1, -0.05) is 47.5 Å². The van der Waals surface area contributed by atoms with E-state index in [-0.39, 0.29) is 24.9 Å². The van der Waals surface area contributed by atoms with Crippen LogP contribution in [-0.4, -0.2) is 71.1 Å². The van der Waals surface area contributed by atoms with Crippen molar-refractivity contribution in [3.05, 3.63) is 88.9 Å². The van der Waals surface area contributed by atoms with E-state index in [4.69, 9.17) is 23.2 Å². The predicted molar refractivity (Wildman–Crippen MR) is 143 cm³/mol. The van der Waals surface area contributed by atoms with Gasteiger partial charge in [0.2, 0.25) is 5.91 Å². The molecule has 1 aliphatic rings. The van der Waals surface area contributed by atoms with Gasteiger partial charge in [-0.3, -0.25) is 9.59 Å². The molecule has 0 N–H and O–H groups in total. The molecule has 9 heteroatoms. The van der Waals surface area contributed by atoms with E-state index in [9.17, 15) is 9.59 Å². The Balaban J connectivity index is 1.38. The highest BCUT2D eigenvalue weighted by Gasteiger charge is 2.24. The van der Waals surface area contributed by atoms with Crippen molar-refractivity contribution in [2.24, 2.45) is 0 Å². The molecule has 1 aliphatic heterocycles. The first-order chi connectivity index (χ1) is 17.5. The molecule has 0 atom stereocenters. The third-order valence-corrected chi connectivity index (χ3v) is 6.61. The van der Waals surface area contributed by atoms with E-state index < -0.39 is 0 Å². The van der Waals surface area contributed by atoms with Crippen LogP contribution in [0.2, 0.25) is 10.0 Å². The highest BCUT2D eigenvalue weighted by Crippen LogP contribution is 2.26. The van der Waals surface area contributed by atoms with Crippen molar-refractivity contribution >= 4 is 40.8 Å². The van der Waals surface area contributed by atoms with Crippen LogP contribution in [0.25, 0.3) is 11.3 Å². The summed E-state index contributed by atoms with van der Waals surface area (Å²) in [6, 6.07) is 18.0. The molecule has 2 aromatic carbocycles. The van der Waals surface area contributed by atoms with Gasteiger partial charge in [-0.25, -0.2) is 0 Å². The van der Waals surface area contributed by atoms with Gasteiger partial charge in [0.05, 0.1) is 10.7 Å². The van der Waals surface area contributed by atoms with Crippen molar-refractivity contribution in [2.45, 2.75) is 6.42 Å². The average Bonchev–Trinajstić information content (AvgIpc) is 3.15. The Morgan fingerprint density at radius 2 is 1.72 bits per heavy atom. The van der Waals surface area contributed by atoms with Crippen LogP contribution in [0.3, 0.4) is 0 Å². The number of nitrogens with zero attached hydrogens (tertiary/aromatic N) is 5. The second-order valence-corrected chi connectivity index (χ2v) is 9.30. The van der Waals surface area contributed by atoms with Crippen LogP contribution < -0.4 is 4.90 Å². The maximum atomic E-state index is 13.1. The summed E-state index contributed by atoms with van der Waals surface area (Å²) in [6.45, 7) is 6.51. The topological polar surface area (TPSA) is 69.6 Å². The zero-order valence-electron chi connectivity index (χ0n) is 19.8. The Morgan fingerprint density at radius 1 is 0.944 bits per heavy atom. The number of hydrogen-bond acceptors (Lipinski definition) is 5. The van der Waals surface area contributed by atoms with Crippen molar-refractivity contribution in [3.8, 4) is 11.3 Å². The number of hydrogen-bond donors (Lipinski definition) is 0. The Labute approximate surface area is 220 Å². The summed E-state index contributed by atoms with van der Waals surface area (Å²) in [6.07, 6.45) is 2.41. The van der Waals surface area contributed by atoms with E-state index in [2.05, 4.69) is 21.7 Å². The van der Waals surface area contributed by atoms with Gasteiger partial charge in [0, 0.05) is 48.9 Å². The molecule has 0 saturated carbocycles. The standard InChI is InChI=1S/C27H27Cl2N5O2/c1-2-14-34(27(36)20-8-10-21(28)11-9-20)19-26(35)33-16-5-15-32(17-18-33)25-13-12-24(30-31-25)22-6-3-4-7-23(22)29/h2-4,6-13H,1,5,14-19H2. The molecule has 2 heterocycles. The fraction of sp³-hybridized carbons (Fsp3) is 0.259. The molecule has 0 radical (unpaired) electrons. The number of carbonyl (C=O) groups is 2. The number of carbonyl (C=O) groups excluding carboxylic acids is 2. The normalized spacial score (nSPS) is 13.7. The van der Waals surface area contributed by atoms with Crippen LogP contribution in [0.15, 0.2) is 73.3 Å². The molecule has 2 amide bonds. The zero-order chi connectivity index (χ0) is 25.5. The first-order valence-electron chi connectivity index (χ1n) is 11.7. The number of benzene rings is 2. The van der Waals surface area contributed by atoms with Gasteiger partial charge < -0.3 is 14.7 Å². The van der Waals surface area contributed by atoms with Gasteiger partial charge in [0.1, 0.15) is 6.54 Å². The lowest BCUT2D eigenvalue weighted by atomic mass is 10.1. The SMILES string of the molecule is C=CCN(CC(=O)N1CCCN(c2ccc(-c3ccccc3Cl)nn2)CC1)C(=O)c1ccc(Cl)cc1. The highest BCUT2D eigenvalue weighted by molar-refractivity contribution is 6.33. The molecule has 0 bridgehead atoms. The van der Waals surface area contributed by atoms with E-state index in [0.717, 1.165) is 24.3 Å². The van der Waals surface area contributed by atoms with Crippen molar-refractivity contribution < 1.29 is 9.59 Å². The van der Waals surface area contributed by atoms with Crippen molar-refractivity contribution in [1.29, 1.82) is 0 Å². The quantitative estimate of drug-likeness (QED) is 0.415. The minimum atomic E-state index is -0.231. The van der Waals surface area contributed by atoms with Crippen LogP contribution in [0.5, 0.6) is 0 Å². The third kappa shape index (κ3) is 6.22. The molecular formula is C27H27Cl2N5O2. The summed E-state index contributed by atoms with van der Waals surface area (Å²) in [5.41, 5.74) is 2.03. The van der Waals surface area contributed by atoms with Crippen LogP contribution in [0.1, 0.15) is 16.8 Å². The first kappa shape index (κ1) is 25.7. The van der Waals surface area contributed by atoms with Gasteiger partial charge in [0.15, 0.2) is 5.82 Å². The average molecular weight is 524 g/mol. The monoisotopic (exact) mass is 523 g/mol. The molecule has 3 aromatic rings. The van der Waals surface area contributed by atoms with E-state index in [1.54, 1.807) is 35.2 Å². The van der Waals surface area contributed by atoms with Crippen LogP contribution in [0.4, 0.5) is 5.82 Å². The van der Waals surface area contributed by atoms with E-state index in [1.807, 2.05) is 36.4 Å². The maximum Gasteiger partial charge on any atom is 0.254 e. The second kappa shape index (κ2) is 12.0. The maximum absolute atomic E-state index is 13.1. The smallest absolute Gasteiger partial charge is 0.254 e. The number of halogens is 2. The fourth-order valence-electron chi connectivity index (χ4n) is 4.12. The summed E-state index contributed by atoms with van der Waals surface area (Å²) >= 11 is 12.2. The molecule has 1 aromatic heterocycles. The Morgan fingerprint density at radius 3 is 2.42 bits per heavy atom. The minimum Gasteiger partial charge on any atom is -0.353 e. The second-order valence-electron chi connectivity index (χ2n) is 8.46. The van der Waals surface area contributed by atoms with Crippen LogP contribution >= 0.6 is 23.2 Å². The van der Waals surface area contributed by atoms with Crippen molar-refractivity contribution in [2.75, 3.05) is 44.2 Å². The minimum absolute atomic E-state index is 0.0141. The molecule has 0 spiro atoms.